The van der Waals surface area contributed by atoms with Crippen LogP contribution in [0, 0.1) is 11.7 Å². The molecule has 34 heavy (non-hydrogen) atoms. The van der Waals surface area contributed by atoms with Gasteiger partial charge in [-0.25, -0.2) is 8.70 Å². The molecular formula is C24H26F4N2O2S2. The molecule has 0 spiro atoms. The van der Waals surface area contributed by atoms with E-state index in [1.54, 1.807) is 18.4 Å². The monoisotopic (exact) mass is 514 g/mol. The predicted molar refractivity (Wildman–Crippen MR) is 126 cm³/mol. The number of piperidine rings is 1. The van der Waals surface area contributed by atoms with Gasteiger partial charge in [0.25, 0.3) is 5.91 Å². The largest absolute Gasteiger partial charge is 0.493 e. The van der Waals surface area contributed by atoms with Crippen LogP contribution in [0.15, 0.2) is 41.3 Å². The second-order valence-corrected chi connectivity index (χ2v) is 10.3. The highest BCUT2D eigenvalue weighted by atomic mass is 32.2. The average Bonchev–Trinajstić information content (AvgIpc) is 3.64. The lowest BCUT2D eigenvalue weighted by Gasteiger charge is -2.31. The van der Waals surface area contributed by atoms with Crippen molar-refractivity contribution in [1.82, 2.24) is 9.03 Å². The fraction of sp³-hybridized carbons (Fsp3) is 0.458. The molecule has 1 aliphatic heterocycles. The molecule has 0 bridgehead atoms. The van der Waals surface area contributed by atoms with Gasteiger partial charge in [-0.2, -0.15) is 13.2 Å². The number of hydrogen-bond acceptors (Lipinski definition) is 5. The summed E-state index contributed by atoms with van der Waals surface area (Å²) in [6.45, 7) is 1.69. The molecule has 2 fully saturated rings. The van der Waals surface area contributed by atoms with E-state index in [4.69, 9.17) is 4.74 Å². The van der Waals surface area contributed by atoms with Gasteiger partial charge in [0.1, 0.15) is 11.6 Å². The zero-order chi connectivity index (χ0) is 24.3. The van der Waals surface area contributed by atoms with Gasteiger partial charge in [-0.15, -0.1) is 0 Å². The van der Waals surface area contributed by atoms with Gasteiger partial charge in [-0.1, -0.05) is 24.1 Å². The number of rotatable bonds is 8. The van der Waals surface area contributed by atoms with Crippen molar-refractivity contribution in [3.63, 3.8) is 0 Å². The Morgan fingerprint density at radius 3 is 2.50 bits per heavy atom. The zero-order valence-corrected chi connectivity index (χ0v) is 20.3. The van der Waals surface area contributed by atoms with E-state index < -0.39 is 23.5 Å². The number of benzene rings is 2. The highest BCUT2D eigenvalue weighted by Crippen LogP contribution is 2.45. The normalized spacial score (nSPS) is 17.6. The first kappa shape index (κ1) is 25.2. The Morgan fingerprint density at radius 1 is 1.15 bits per heavy atom. The maximum Gasteiger partial charge on any atom is 0.417 e. The van der Waals surface area contributed by atoms with Crippen molar-refractivity contribution in [2.24, 2.45) is 5.92 Å². The van der Waals surface area contributed by atoms with Gasteiger partial charge < -0.3 is 4.74 Å². The fourth-order valence-electron chi connectivity index (χ4n) is 4.03. The van der Waals surface area contributed by atoms with Gasteiger partial charge in [0.05, 0.1) is 17.7 Å². The van der Waals surface area contributed by atoms with Crippen LogP contribution in [0.1, 0.15) is 53.1 Å². The summed E-state index contributed by atoms with van der Waals surface area (Å²) in [4.78, 5) is 12.3. The summed E-state index contributed by atoms with van der Waals surface area (Å²) in [5.74, 6) is -0.0832. The second-order valence-electron chi connectivity index (χ2n) is 8.55. The molecule has 0 atom stereocenters. The molecule has 4 rings (SSSR count). The third-order valence-corrected chi connectivity index (χ3v) is 7.59. The van der Waals surface area contributed by atoms with Crippen molar-refractivity contribution >= 4 is 29.8 Å². The number of halogens is 4. The molecular weight excluding hydrogens is 488 g/mol. The van der Waals surface area contributed by atoms with Crippen LogP contribution in [0.3, 0.4) is 0 Å². The molecule has 2 aromatic carbocycles. The van der Waals surface area contributed by atoms with Crippen molar-refractivity contribution in [2.45, 2.75) is 42.7 Å². The summed E-state index contributed by atoms with van der Waals surface area (Å²) in [5.41, 5.74) is 0.271. The van der Waals surface area contributed by atoms with E-state index in [2.05, 4.69) is 4.72 Å². The summed E-state index contributed by atoms with van der Waals surface area (Å²) in [5, 5.41) is 0. The van der Waals surface area contributed by atoms with Crippen molar-refractivity contribution in [2.75, 3.05) is 26.0 Å². The minimum Gasteiger partial charge on any atom is -0.493 e. The van der Waals surface area contributed by atoms with Crippen LogP contribution in [0.5, 0.6) is 5.75 Å². The molecule has 4 nitrogen and oxygen atoms in total. The summed E-state index contributed by atoms with van der Waals surface area (Å²) in [6, 6.07) is 8.53. The number of ether oxygens (including phenoxy) is 1. The number of hydrogen-bond donors (Lipinski definition) is 1. The van der Waals surface area contributed by atoms with E-state index in [0.717, 1.165) is 61.2 Å². The molecule has 1 saturated heterocycles. The van der Waals surface area contributed by atoms with Crippen LogP contribution in [-0.2, 0) is 6.18 Å². The molecule has 1 heterocycles. The maximum atomic E-state index is 14.6. The predicted octanol–water partition coefficient (Wildman–Crippen LogP) is 6.53. The van der Waals surface area contributed by atoms with Crippen molar-refractivity contribution < 1.29 is 27.1 Å². The SMILES string of the molecule is CSNC(=O)c1cc(C2CC2)c(OCC2CCN(Sc3ccccc3C(F)(F)F)CC2)cc1F. The highest BCUT2D eigenvalue weighted by molar-refractivity contribution is 7.97. The van der Waals surface area contributed by atoms with Gasteiger partial charge in [0.2, 0.25) is 0 Å². The number of nitrogens with zero attached hydrogens (tertiary/aromatic N) is 1. The Labute approximate surface area is 205 Å². The van der Waals surface area contributed by atoms with Gasteiger partial charge in [-0.3, -0.25) is 9.52 Å². The van der Waals surface area contributed by atoms with Crippen LogP contribution in [0.2, 0.25) is 0 Å². The Balaban J connectivity index is 1.34. The minimum atomic E-state index is -4.38. The average molecular weight is 515 g/mol. The highest BCUT2D eigenvalue weighted by Gasteiger charge is 2.34. The summed E-state index contributed by atoms with van der Waals surface area (Å²) in [7, 11) is 0. The summed E-state index contributed by atoms with van der Waals surface area (Å²) in [6.07, 6.45) is 0.846. The van der Waals surface area contributed by atoms with Crippen LogP contribution >= 0.6 is 23.9 Å². The lowest BCUT2D eigenvalue weighted by Crippen LogP contribution is -2.31. The second kappa shape index (κ2) is 10.8. The van der Waals surface area contributed by atoms with Crippen molar-refractivity contribution in [3.8, 4) is 5.75 Å². The molecule has 1 saturated carbocycles. The Kier molecular flexibility index (Phi) is 7.99. The molecule has 10 heteroatoms. The van der Waals surface area contributed by atoms with Gasteiger partial charge >= 0.3 is 6.18 Å². The standard InChI is InChI=1S/C24H26F4N2O2S2/c1-33-29-23(31)18-12-17(16-6-7-16)21(13-20(18)25)32-14-15-8-10-30(11-9-15)34-22-5-3-2-4-19(22)24(26,27)28/h2-5,12-13,15-16H,6-11,14H2,1H3,(H,29,31). The summed E-state index contributed by atoms with van der Waals surface area (Å²) < 4.78 is 64.9. The van der Waals surface area contributed by atoms with E-state index >= 15 is 0 Å². The van der Waals surface area contributed by atoms with Gasteiger partial charge in [0, 0.05) is 30.3 Å². The molecule has 0 aromatic heterocycles. The Morgan fingerprint density at radius 2 is 1.85 bits per heavy atom. The number of carbonyl (C=O) groups excluding carboxylic acids is 1. The minimum absolute atomic E-state index is 0.0214. The molecule has 0 radical (unpaired) electrons. The van der Waals surface area contributed by atoms with Crippen LogP contribution < -0.4 is 9.46 Å². The van der Waals surface area contributed by atoms with E-state index in [0.29, 0.717) is 25.4 Å². The first-order chi connectivity index (χ1) is 16.3. The number of amides is 1. The number of alkyl halides is 3. The fourth-order valence-corrected chi connectivity index (χ4v) is 5.41. The van der Waals surface area contributed by atoms with Gasteiger partial charge in [0.15, 0.2) is 0 Å². The number of carbonyl (C=O) groups is 1. The molecule has 1 aliphatic carbocycles. The molecule has 184 valence electrons. The lowest BCUT2D eigenvalue weighted by atomic mass is 9.99. The Bertz CT molecular complexity index is 1020. The molecule has 0 unspecified atom stereocenters. The quantitative estimate of drug-likeness (QED) is 0.321. The molecule has 2 aliphatic rings. The molecule has 1 amide bonds. The number of nitrogens with one attached hydrogen (secondary N) is 1. The topological polar surface area (TPSA) is 41.6 Å². The first-order valence-electron chi connectivity index (χ1n) is 11.1. The zero-order valence-electron chi connectivity index (χ0n) is 18.7. The third kappa shape index (κ3) is 6.20. The van der Waals surface area contributed by atoms with E-state index in [-0.39, 0.29) is 22.3 Å². The van der Waals surface area contributed by atoms with E-state index in [1.807, 2.05) is 4.31 Å². The van der Waals surface area contributed by atoms with Crippen LogP contribution in [-0.4, -0.2) is 36.2 Å². The Hall–Kier alpha value is -1.91. The van der Waals surface area contributed by atoms with Crippen LogP contribution in [0.4, 0.5) is 17.6 Å². The molecule has 2 aromatic rings. The van der Waals surface area contributed by atoms with Crippen LogP contribution in [0.25, 0.3) is 0 Å². The van der Waals surface area contributed by atoms with E-state index in [9.17, 15) is 22.4 Å². The summed E-state index contributed by atoms with van der Waals surface area (Å²) >= 11 is 2.26. The smallest absolute Gasteiger partial charge is 0.417 e. The first-order valence-corrected chi connectivity index (χ1v) is 13.1. The van der Waals surface area contributed by atoms with Gasteiger partial charge in [-0.05, 0) is 73.2 Å². The lowest BCUT2D eigenvalue weighted by molar-refractivity contribution is -0.139. The maximum absolute atomic E-state index is 14.6. The van der Waals surface area contributed by atoms with Crippen molar-refractivity contribution in [1.29, 1.82) is 0 Å². The van der Waals surface area contributed by atoms with Crippen molar-refractivity contribution in [3.05, 3.63) is 58.9 Å². The van der Waals surface area contributed by atoms with E-state index in [1.165, 1.54) is 18.2 Å². The molecule has 1 N–H and O–H groups in total. The third-order valence-electron chi connectivity index (χ3n) is 6.02.